The van der Waals surface area contributed by atoms with Crippen molar-refractivity contribution in [3.8, 4) is 0 Å². The molecule has 4 amide bonds. The number of amides is 4. The van der Waals surface area contributed by atoms with Gasteiger partial charge in [-0.3, -0.25) is 24.0 Å². The first-order chi connectivity index (χ1) is 24.4. The Balaban J connectivity index is 1.14. The fourth-order valence-electron chi connectivity index (χ4n) is 7.32. The van der Waals surface area contributed by atoms with Crippen LogP contribution in [0.2, 0.25) is 0 Å². The molecule has 0 bridgehead atoms. The molecule has 51 heavy (non-hydrogen) atoms. The standard InChI is InChI=1S/C36H41F2N5O7S/c37-24-11-13-25(14-12-24)39-30-10-5-3-1-2-4-8-23-18-36(23,34(46)41-51(48,49)27-15-16-27)40-32(44)31-17-26(20-43(31)33(30)45)50-35(47)42-19-22-7-6-9-29(38)28(22)21-42/h4,6-9,11-14,23,26-27,30-31,39H,1-3,5,10,15-21H2,(H,40,44)(H,41,46)/b8-4-/t23-,26-,30+,31+,36-/m1/s1. The van der Waals surface area contributed by atoms with Crippen LogP contribution >= 0.6 is 0 Å². The third-order valence-corrected chi connectivity index (χ3v) is 12.3. The van der Waals surface area contributed by atoms with E-state index in [2.05, 4.69) is 15.4 Å². The van der Waals surface area contributed by atoms with Crippen molar-refractivity contribution in [2.75, 3.05) is 11.9 Å². The summed E-state index contributed by atoms with van der Waals surface area (Å²) in [7, 11) is -3.91. The molecule has 272 valence electrons. The second-order valence-corrected chi connectivity index (χ2v) is 16.2. The summed E-state index contributed by atoms with van der Waals surface area (Å²) in [5.74, 6) is -3.25. The lowest BCUT2D eigenvalue weighted by Crippen LogP contribution is -2.57. The summed E-state index contributed by atoms with van der Waals surface area (Å²) in [6.45, 7) is 0.0310. The lowest BCUT2D eigenvalue weighted by atomic mass is 10.0. The Bertz CT molecular complexity index is 1850. The molecule has 5 atom stereocenters. The molecule has 0 radical (unpaired) electrons. The number of nitrogens with one attached hydrogen (secondary N) is 3. The molecule has 0 spiro atoms. The second kappa shape index (κ2) is 13.9. The van der Waals surface area contributed by atoms with Gasteiger partial charge in [0, 0.05) is 30.1 Å². The Morgan fingerprint density at radius 2 is 1.76 bits per heavy atom. The number of ether oxygens (including phenoxy) is 1. The van der Waals surface area contributed by atoms with Crippen molar-refractivity contribution in [3.05, 3.63) is 77.4 Å². The van der Waals surface area contributed by atoms with Gasteiger partial charge in [-0.05, 0) is 74.4 Å². The molecule has 0 aromatic heterocycles. The number of sulfonamides is 1. The summed E-state index contributed by atoms with van der Waals surface area (Å²) in [6, 6.07) is 8.23. The summed E-state index contributed by atoms with van der Waals surface area (Å²) >= 11 is 0. The molecule has 2 aromatic rings. The van der Waals surface area contributed by atoms with Crippen molar-refractivity contribution in [1.82, 2.24) is 19.8 Å². The Kier molecular flexibility index (Phi) is 9.50. The van der Waals surface area contributed by atoms with Crippen LogP contribution in [0.4, 0.5) is 19.3 Å². The van der Waals surface area contributed by atoms with Gasteiger partial charge < -0.3 is 20.3 Å². The SMILES string of the molecule is O=C1N[C@]2(C(=O)NS(=O)(=O)C3CC3)C[C@H]2/C=C\CCCCC[C@H](Nc2ccc(F)cc2)C(=O)N2C[C@H](OC(=O)N3Cc4cccc(F)c4C3)C[C@@H]12. The molecule has 15 heteroatoms. The molecule has 2 saturated carbocycles. The van der Waals surface area contributed by atoms with E-state index in [0.29, 0.717) is 48.9 Å². The first kappa shape index (κ1) is 34.9. The Morgan fingerprint density at radius 1 is 0.980 bits per heavy atom. The average molecular weight is 726 g/mol. The maximum absolute atomic E-state index is 14.4. The monoisotopic (exact) mass is 725 g/mol. The second-order valence-electron chi connectivity index (χ2n) is 14.2. The fourth-order valence-corrected chi connectivity index (χ4v) is 8.69. The molecule has 2 aromatic carbocycles. The van der Waals surface area contributed by atoms with Crippen molar-refractivity contribution in [3.63, 3.8) is 0 Å². The van der Waals surface area contributed by atoms with Gasteiger partial charge in [-0.25, -0.2) is 22.0 Å². The molecule has 5 aliphatic rings. The third kappa shape index (κ3) is 7.44. The van der Waals surface area contributed by atoms with E-state index in [9.17, 15) is 36.4 Å². The van der Waals surface area contributed by atoms with Crippen molar-refractivity contribution in [2.45, 2.75) is 99.9 Å². The summed E-state index contributed by atoms with van der Waals surface area (Å²) in [5.41, 5.74) is 0.0396. The van der Waals surface area contributed by atoms with Gasteiger partial charge in [-0.15, -0.1) is 0 Å². The number of carbonyl (C=O) groups is 4. The first-order valence-electron chi connectivity index (χ1n) is 17.5. The highest BCUT2D eigenvalue weighted by molar-refractivity contribution is 7.91. The zero-order chi connectivity index (χ0) is 35.9. The molecule has 3 N–H and O–H groups in total. The predicted molar refractivity (Wildman–Crippen MR) is 181 cm³/mol. The van der Waals surface area contributed by atoms with Crippen LogP contribution < -0.4 is 15.4 Å². The number of hydrogen-bond donors (Lipinski definition) is 3. The largest absolute Gasteiger partial charge is 0.444 e. The number of fused-ring (bicyclic) bond motifs is 3. The molecule has 1 saturated heterocycles. The maximum atomic E-state index is 14.4. The number of halogens is 2. The van der Waals surface area contributed by atoms with Gasteiger partial charge in [-0.2, -0.15) is 0 Å². The quantitative estimate of drug-likeness (QED) is 0.380. The van der Waals surface area contributed by atoms with Crippen molar-refractivity contribution < 1.29 is 41.1 Å². The minimum atomic E-state index is -3.91. The Labute approximate surface area is 295 Å². The normalized spacial score (nSPS) is 28.7. The van der Waals surface area contributed by atoms with Gasteiger partial charge >= 0.3 is 6.09 Å². The van der Waals surface area contributed by atoms with E-state index in [1.54, 1.807) is 12.1 Å². The zero-order valence-electron chi connectivity index (χ0n) is 28.0. The highest BCUT2D eigenvalue weighted by Gasteiger charge is 2.62. The van der Waals surface area contributed by atoms with Gasteiger partial charge in [0.05, 0.1) is 18.3 Å². The fraction of sp³-hybridized carbons (Fsp3) is 0.500. The van der Waals surface area contributed by atoms with Crippen LogP contribution in [0.15, 0.2) is 54.6 Å². The molecular formula is C36H41F2N5O7S. The molecule has 7 rings (SSSR count). The number of allylic oxidation sites excluding steroid dienone is 1. The van der Waals surface area contributed by atoms with Gasteiger partial charge in [0.25, 0.3) is 5.91 Å². The number of nitrogens with zero attached hydrogens (tertiary/aromatic N) is 2. The van der Waals surface area contributed by atoms with Crippen LogP contribution in [0.5, 0.6) is 0 Å². The minimum Gasteiger partial charge on any atom is -0.444 e. The number of hydrogen-bond acceptors (Lipinski definition) is 8. The lowest BCUT2D eigenvalue weighted by Gasteiger charge is -2.30. The summed E-state index contributed by atoms with van der Waals surface area (Å²) in [4.78, 5) is 58.2. The zero-order valence-corrected chi connectivity index (χ0v) is 28.8. The van der Waals surface area contributed by atoms with E-state index in [-0.39, 0.29) is 32.5 Å². The Morgan fingerprint density at radius 3 is 2.51 bits per heavy atom. The van der Waals surface area contributed by atoms with Crippen LogP contribution in [-0.2, 0) is 42.2 Å². The van der Waals surface area contributed by atoms with Crippen LogP contribution in [0.1, 0.15) is 68.9 Å². The first-order valence-corrected chi connectivity index (χ1v) is 19.1. The van der Waals surface area contributed by atoms with E-state index >= 15 is 0 Å². The number of rotatable bonds is 6. The molecule has 12 nitrogen and oxygen atoms in total. The van der Waals surface area contributed by atoms with E-state index < -0.39 is 80.4 Å². The van der Waals surface area contributed by atoms with E-state index in [1.807, 2.05) is 12.2 Å². The summed E-state index contributed by atoms with van der Waals surface area (Å²) in [6.07, 6.45) is 6.50. The Hall–Kier alpha value is -4.53. The van der Waals surface area contributed by atoms with Crippen LogP contribution in [0.3, 0.4) is 0 Å². The third-order valence-electron chi connectivity index (χ3n) is 10.5. The van der Waals surface area contributed by atoms with Crippen LogP contribution in [0, 0.1) is 17.6 Å². The van der Waals surface area contributed by atoms with Crippen LogP contribution in [-0.4, -0.2) is 77.6 Å². The topological polar surface area (TPSA) is 154 Å². The number of anilines is 1. The highest BCUT2D eigenvalue weighted by atomic mass is 32.2. The molecular weight excluding hydrogens is 684 g/mol. The van der Waals surface area contributed by atoms with Crippen molar-refractivity contribution in [2.24, 2.45) is 5.92 Å². The predicted octanol–water partition coefficient (Wildman–Crippen LogP) is 3.87. The molecule has 3 heterocycles. The smallest absolute Gasteiger partial charge is 0.410 e. The van der Waals surface area contributed by atoms with E-state index in [0.717, 1.165) is 12.8 Å². The van der Waals surface area contributed by atoms with Gasteiger partial charge in [0.1, 0.15) is 35.4 Å². The van der Waals surface area contributed by atoms with E-state index in [1.165, 1.54) is 40.1 Å². The molecule has 3 fully saturated rings. The summed E-state index contributed by atoms with van der Waals surface area (Å²) in [5, 5.41) is 5.36. The minimum absolute atomic E-state index is 0.0140. The number of benzene rings is 2. The van der Waals surface area contributed by atoms with Gasteiger partial charge in [0.15, 0.2) is 0 Å². The molecule has 2 aliphatic carbocycles. The van der Waals surface area contributed by atoms with E-state index in [4.69, 9.17) is 4.74 Å². The van der Waals surface area contributed by atoms with Gasteiger partial charge in [0.2, 0.25) is 21.8 Å². The highest BCUT2D eigenvalue weighted by Crippen LogP contribution is 2.46. The van der Waals surface area contributed by atoms with Crippen molar-refractivity contribution in [1.29, 1.82) is 0 Å². The summed E-state index contributed by atoms with van der Waals surface area (Å²) < 4.78 is 61.6. The number of carbonyl (C=O) groups excluding carboxylic acids is 4. The average Bonchev–Trinajstić information content (AvgIpc) is 3.98. The van der Waals surface area contributed by atoms with Crippen LogP contribution in [0.25, 0.3) is 0 Å². The molecule has 3 aliphatic heterocycles. The molecule has 0 unspecified atom stereocenters. The van der Waals surface area contributed by atoms with Crippen molar-refractivity contribution >= 4 is 39.5 Å². The lowest BCUT2D eigenvalue weighted by molar-refractivity contribution is -0.140. The maximum Gasteiger partial charge on any atom is 0.410 e. The van der Waals surface area contributed by atoms with Gasteiger partial charge in [-0.1, -0.05) is 37.1 Å².